The first-order valence-corrected chi connectivity index (χ1v) is 26.2. The number of nitrogens with zero attached hydrogens (tertiary/aromatic N) is 3. The lowest BCUT2D eigenvalue weighted by molar-refractivity contribution is -0.146. The molecule has 7 N–H and O–H groups in total. The van der Waals surface area contributed by atoms with E-state index in [0.717, 1.165) is 37.8 Å². The number of carbonyl (C=O) groups is 7. The molecule has 70 heavy (non-hydrogen) atoms. The largest absolute Gasteiger partial charge is 0.483 e. The van der Waals surface area contributed by atoms with Crippen LogP contribution in [0, 0.1) is 35.5 Å². The highest BCUT2D eigenvalue weighted by atomic mass is 32.2. The number of carboxylic acid groups (broad SMARTS) is 1. The van der Waals surface area contributed by atoms with Crippen molar-refractivity contribution >= 4 is 54.2 Å². The lowest BCUT2D eigenvalue weighted by Gasteiger charge is -2.41. The Morgan fingerprint density at radius 3 is 1.94 bits per heavy atom. The topological polar surface area (TPSA) is 233 Å². The summed E-state index contributed by atoms with van der Waals surface area (Å²) in [7, 11) is 5.28. The first-order chi connectivity index (χ1) is 32.8. The summed E-state index contributed by atoms with van der Waals surface area (Å²) in [6.45, 7) is 34.2. The predicted octanol–water partition coefficient (Wildman–Crippen LogP) is 5.45. The average Bonchev–Trinajstić information content (AvgIpc) is 3.79. The zero-order chi connectivity index (χ0) is 54.4. The highest BCUT2D eigenvalue weighted by Crippen LogP contribution is 2.31. The van der Waals surface area contributed by atoms with E-state index in [4.69, 9.17) is 20.4 Å². The minimum Gasteiger partial charge on any atom is -0.483 e. The van der Waals surface area contributed by atoms with E-state index in [9.17, 15) is 28.8 Å². The van der Waals surface area contributed by atoms with Crippen LogP contribution in [0.2, 0.25) is 0 Å². The maximum atomic E-state index is 14.4. The molecule has 18 heteroatoms. The number of carbonyl (C=O) groups excluding carboxylic acids is 6. The van der Waals surface area contributed by atoms with Crippen LogP contribution >= 0.6 is 11.8 Å². The summed E-state index contributed by atoms with van der Waals surface area (Å²) in [5, 5.41) is 18.2. The Morgan fingerprint density at radius 2 is 1.47 bits per heavy atom. The van der Waals surface area contributed by atoms with Crippen LogP contribution in [0.25, 0.3) is 0 Å². The predicted molar refractivity (Wildman–Crippen MR) is 285 cm³/mol. The van der Waals surface area contributed by atoms with Gasteiger partial charge < -0.3 is 46.6 Å². The second kappa shape index (κ2) is 36.6. The number of nitrogens with two attached hydrogens (primary N) is 1. The Balaban J connectivity index is 0. The van der Waals surface area contributed by atoms with Crippen LogP contribution < -0.4 is 27.0 Å². The monoisotopic (exact) mass is 1010 g/mol. The van der Waals surface area contributed by atoms with Gasteiger partial charge in [0.25, 0.3) is 6.47 Å². The summed E-state index contributed by atoms with van der Waals surface area (Å²) in [4.78, 5) is 91.1. The second-order valence-electron chi connectivity index (χ2n) is 19.9. The number of amides is 6. The molecule has 0 aromatic heterocycles. The zero-order valence-electron chi connectivity index (χ0n) is 45.8. The number of ether oxygens (including phenoxy) is 1. The van der Waals surface area contributed by atoms with Gasteiger partial charge in [-0.05, 0) is 81.2 Å². The third-order valence-electron chi connectivity index (χ3n) is 13.2. The lowest BCUT2D eigenvalue weighted by atomic mass is 9.88. The normalized spacial score (nSPS) is 17.5. The number of hydrogen-bond acceptors (Lipinski definition) is 11. The van der Waals surface area contributed by atoms with E-state index >= 15 is 0 Å². The highest BCUT2D eigenvalue weighted by molar-refractivity contribution is 7.99. The van der Waals surface area contributed by atoms with E-state index in [0.29, 0.717) is 36.4 Å². The van der Waals surface area contributed by atoms with Gasteiger partial charge in [0, 0.05) is 45.1 Å². The van der Waals surface area contributed by atoms with E-state index in [2.05, 4.69) is 69.0 Å². The molecule has 1 fully saturated rings. The number of likely N-dealkylation sites (tertiary alicyclic amines) is 1. The summed E-state index contributed by atoms with van der Waals surface area (Å²) in [6, 6.07) is -2.68. The zero-order valence-corrected chi connectivity index (χ0v) is 46.6. The molecule has 404 valence electrons. The maximum absolute atomic E-state index is 14.4. The molecule has 0 bridgehead atoms. The van der Waals surface area contributed by atoms with Gasteiger partial charge in [0.05, 0.1) is 36.5 Å². The minimum atomic E-state index is -0.774. The van der Waals surface area contributed by atoms with Gasteiger partial charge in [0.1, 0.15) is 12.1 Å². The summed E-state index contributed by atoms with van der Waals surface area (Å²) < 4.78 is 6.03. The first kappa shape index (κ1) is 67.8. The Hall–Kier alpha value is -4.26. The van der Waals surface area contributed by atoms with Gasteiger partial charge in [0.2, 0.25) is 35.9 Å². The molecule has 1 rings (SSSR count). The molecule has 1 aliphatic heterocycles. The fraction of sp³-hybridized carbons (Fsp3) is 0.750. The molecule has 0 aliphatic carbocycles. The fourth-order valence-corrected chi connectivity index (χ4v) is 9.17. The maximum Gasteiger partial charge on any atom is 0.290 e. The number of hydrogen-bond donors (Lipinski definition) is 6. The highest BCUT2D eigenvalue weighted by Gasteiger charge is 2.41. The van der Waals surface area contributed by atoms with E-state index in [1.165, 1.54) is 11.8 Å². The molecule has 17 nitrogen and oxygen atoms in total. The van der Waals surface area contributed by atoms with E-state index in [-0.39, 0.29) is 84.2 Å². The van der Waals surface area contributed by atoms with Gasteiger partial charge in [-0.3, -0.25) is 38.5 Å². The molecule has 1 aliphatic rings. The Bertz CT molecular complexity index is 1630. The third-order valence-corrected chi connectivity index (χ3v) is 14.0. The van der Waals surface area contributed by atoms with E-state index < -0.39 is 30.3 Å². The quantitative estimate of drug-likeness (QED) is 0.0228. The van der Waals surface area contributed by atoms with Crippen molar-refractivity contribution in [1.29, 1.82) is 0 Å². The van der Waals surface area contributed by atoms with Gasteiger partial charge >= 0.3 is 0 Å². The van der Waals surface area contributed by atoms with Gasteiger partial charge in [0.15, 0.2) is 0 Å². The Labute approximate surface area is 426 Å². The van der Waals surface area contributed by atoms with Crippen LogP contribution in [0.15, 0.2) is 37.0 Å². The minimum absolute atomic E-state index is 0.0389. The SMILES string of the molecule is C=C/C=C(\C=C)CC(C)NC=O.CCC(C)C(C(CC(=O)N1CCCC1C(C)C(C)C)OC)N(C)C(=O)[C@@H](NC(=O)C(C(C)C)N(C)CCSCNC(=O)C(C)NC(=O)[C@@H](N)C(C)C)C(C)C.O=CO. The van der Waals surface area contributed by atoms with Crippen molar-refractivity contribution in [3.63, 3.8) is 0 Å². The molecule has 0 aromatic carbocycles. The van der Waals surface area contributed by atoms with Crippen molar-refractivity contribution in [2.24, 2.45) is 41.2 Å². The standard InChI is InChI=1S/C41H79N7O6S.C10H15NO.CH2O2/c1-16-28(10)37(32(54-15)22-33(49)48-19-17-18-31(48)29(11)24(2)3)47(14)41(53)35(26(6)7)45-40(52)36(27(8)9)46(13)20-21-55-23-43-38(50)30(12)44-39(51)34(42)25(4)5;1-4-6-10(5-2)7-9(3)11-8-12;2-1-3/h24-32,34-37H,16-23,42H2,1-15H3,(H,43,50)(H,44,51)(H,45,52);4-6,8-9H,1-2,7H2,3H3,(H,11,12);1H,(H,2,3)/b;10-6+;/t28?,29?,30?,31?,32?,34-,35-,36?,37?;;/m0../s1. The van der Waals surface area contributed by atoms with Crippen LogP contribution in [0.5, 0.6) is 0 Å². The smallest absolute Gasteiger partial charge is 0.290 e. The van der Waals surface area contributed by atoms with Gasteiger partial charge in [-0.25, -0.2) is 0 Å². The van der Waals surface area contributed by atoms with Crippen LogP contribution in [0.3, 0.4) is 0 Å². The first-order valence-electron chi connectivity index (χ1n) is 25.0. The lowest BCUT2D eigenvalue weighted by Crippen LogP contribution is -2.60. The van der Waals surface area contributed by atoms with Gasteiger partial charge in [-0.1, -0.05) is 114 Å². The molecule has 10 atom stereocenters. The van der Waals surface area contributed by atoms with Gasteiger partial charge in [-0.15, -0.1) is 11.8 Å². The molecule has 8 unspecified atom stereocenters. The van der Waals surface area contributed by atoms with Crippen LogP contribution in [-0.4, -0.2) is 157 Å². The number of likely N-dealkylation sites (N-methyl/N-ethyl adjacent to an activating group) is 2. The molecule has 1 saturated heterocycles. The Kier molecular flexibility index (Phi) is 35.5. The van der Waals surface area contributed by atoms with Crippen LogP contribution in [0.1, 0.15) is 122 Å². The molecular formula is C52H96N8O9S. The molecule has 6 amide bonds. The number of methoxy groups -OCH3 is 1. The molecule has 0 aromatic rings. The molecular weight excluding hydrogens is 913 g/mol. The van der Waals surface area contributed by atoms with E-state index in [1.807, 2.05) is 71.4 Å². The van der Waals surface area contributed by atoms with Gasteiger partial charge in [-0.2, -0.15) is 0 Å². The summed E-state index contributed by atoms with van der Waals surface area (Å²) in [5.74, 6) is 0.609. The number of rotatable bonds is 30. The van der Waals surface area contributed by atoms with Crippen LogP contribution in [-0.2, 0) is 38.3 Å². The van der Waals surface area contributed by atoms with Crippen LogP contribution in [0.4, 0.5) is 0 Å². The van der Waals surface area contributed by atoms with Crippen molar-refractivity contribution in [2.45, 2.75) is 171 Å². The van der Waals surface area contributed by atoms with Crippen molar-refractivity contribution in [3.05, 3.63) is 37.0 Å². The molecule has 0 spiro atoms. The number of nitrogens with one attached hydrogen (secondary N) is 4. The summed E-state index contributed by atoms with van der Waals surface area (Å²) in [5.41, 5.74) is 6.97. The Morgan fingerprint density at radius 1 is 0.871 bits per heavy atom. The fourth-order valence-electron chi connectivity index (χ4n) is 8.37. The number of thioether (sulfide) groups is 1. The van der Waals surface area contributed by atoms with Crippen molar-refractivity contribution < 1.29 is 43.4 Å². The second-order valence-corrected chi connectivity index (χ2v) is 21.0. The van der Waals surface area contributed by atoms with E-state index in [1.54, 1.807) is 38.1 Å². The van der Waals surface area contributed by atoms with Crippen molar-refractivity contribution in [2.75, 3.05) is 45.9 Å². The average molecular weight is 1010 g/mol. The molecule has 1 heterocycles. The van der Waals surface area contributed by atoms with Crippen molar-refractivity contribution in [3.8, 4) is 0 Å². The van der Waals surface area contributed by atoms with Crippen molar-refractivity contribution in [1.82, 2.24) is 36.0 Å². The summed E-state index contributed by atoms with van der Waals surface area (Å²) in [6.07, 6.45) is 9.33. The molecule has 0 saturated carbocycles. The third kappa shape index (κ3) is 24.2. The molecule has 0 radical (unpaired) electrons. The number of allylic oxidation sites excluding steroid dienone is 3. The summed E-state index contributed by atoms with van der Waals surface area (Å²) >= 11 is 1.51.